The Balaban J connectivity index is 2.47. The molecule has 0 bridgehead atoms. The van der Waals surface area contributed by atoms with Crippen LogP contribution in [0.1, 0.15) is 64.9 Å². The van der Waals surface area contributed by atoms with Gasteiger partial charge in [-0.1, -0.05) is 75.9 Å². The number of hydrogen-bond donors (Lipinski definition) is 0. The van der Waals surface area contributed by atoms with E-state index in [1.807, 2.05) is 6.20 Å². The highest BCUT2D eigenvalue weighted by Gasteiger charge is 2.23. The van der Waals surface area contributed by atoms with Crippen molar-refractivity contribution >= 4 is 0 Å². The predicted molar refractivity (Wildman–Crippen MR) is 89.6 cm³/mol. The Bertz CT molecular complexity index is 367. The molecule has 0 radical (unpaired) electrons. The lowest BCUT2D eigenvalue weighted by Crippen LogP contribution is -2.39. The molecule has 0 saturated heterocycles. The van der Waals surface area contributed by atoms with Gasteiger partial charge in [-0.3, -0.25) is 0 Å². The van der Waals surface area contributed by atoms with Crippen molar-refractivity contribution in [2.45, 2.75) is 71.4 Å². The number of hydrogen-bond acceptors (Lipinski definition) is 1. The van der Waals surface area contributed by atoms with Gasteiger partial charge < -0.3 is 4.90 Å². The summed E-state index contributed by atoms with van der Waals surface area (Å²) < 4.78 is 0. The van der Waals surface area contributed by atoms with Crippen LogP contribution in [-0.4, -0.2) is 10.4 Å². The van der Waals surface area contributed by atoms with Crippen molar-refractivity contribution in [3.63, 3.8) is 0 Å². The first kappa shape index (κ1) is 16.8. The summed E-state index contributed by atoms with van der Waals surface area (Å²) in [6.07, 6.45) is 9.96. The first-order valence-electron chi connectivity index (χ1n) is 8.03. The molecule has 0 aromatic heterocycles. The van der Waals surface area contributed by atoms with Crippen LogP contribution in [0.4, 0.5) is 0 Å². The predicted octanol–water partition coefficient (Wildman–Crippen LogP) is 5.77. The maximum absolute atomic E-state index is 4.01. The van der Waals surface area contributed by atoms with Gasteiger partial charge in [0, 0.05) is 12.1 Å². The number of nitrogens with zero attached hydrogens (tertiary/aromatic N) is 1. The quantitative estimate of drug-likeness (QED) is 0.489. The lowest BCUT2D eigenvalue weighted by molar-refractivity contribution is 0.160. The van der Waals surface area contributed by atoms with Gasteiger partial charge >= 0.3 is 0 Å². The minimum atomic E-state index is 0.184. The van der Waals surface area contributed by atoms with E-state index in [-0.39, 0.29) is 5.54 Å². The van der Waals surface area contributed by atoms with Gasteiger partial charge in [-0.05, 0) is 32.0 Å². The van der Waals surface area contributed by atoms with Crippen LogP contribution in [0.15, 0.2) is 43.1 Å². The van der Waals surface area contributed by atoms with Crippen LogP contribution in [0, 0.1) is 0 Å². The van der Waals surface area contributed by atoms with E-state index in [4.69, 9.17) is 0 Å². The van der Waals surface area contributed by atoms with Crippen molar-refractivity contribution in [2.75, 3.05) is 0 Å². The van der Waals surface area contributed by atoms with Crippen LogP contribution in [0.5, 0.6) is 0 Å². The molecule has 0 atom stereocenters. The summed E-state index contributed by atoms with van der Waals surface area (Å²) in [5.74, 6) is 0. The van der Waals surface area contributed by atoms with Gasteiger partial charge in [-0.15, -0.1) is 0 Å². The molecule has 1 heteroatoms. The second kappa shape index (κ2) is 8.84. The van der Waals surface area contributed by atoms with Crippen LogP contribution < -0.4 is 0 Å². The van der Waals surface area contributed by atoms with Crippen LogP contribution in [0.25, 0.3) is 0 Å². The SMILES string of the molecule is C=CN(Cc1ccccc1)C(C)(C)CCCCCCC. The summed E-state index contributed by atoms with van der Waals surface area (Å²) in [5, 5.41) is 0. The summed E-state index contributed by atoms with van der Waals surface area (Å²) >= 11 is 0. The molecule has 0 aliphatic carbocycles. The highest BCUT2D eigenvalue weighted by atomic mass is 15.2. The molecule has 0 fully saturated rings. The lowest BCUT2D eigenvalue weighted by atomic mass is 9.93. The van der Waals surface area contributed by atoms with Gasteiger partial charge in [0.1, 0.15) is 0 Å². The molecule has 1 rings (SSSR count). The second-order valence-corrected chi connectivity index (χ2v) is 6.27. The topological polar surface area (TPSA) is 3.24 Å². The van der Waals surface area contributed by atoms with Crippen LogP contribution in [0.2, 0.25) is 0 Å². The van der Waals surface area contributed by atoms with E-state index in [0.29, 0.717) is 0 Å². The lowest BCUT2D eigenvalue weighted by Gasteiger charge is -2.38. The van der Waals surface area contributed by atoms with E-state index in [1.165, 1.54) is 44.1 Å². The summed E-state index contributed by atoms with van der Waals surface area (Å²) in [7, 11) is 0. The highest BCUT2D eigenvalue weighted by Crippen LogP contribution is 2.24. The monoisotopic (exact) mass is 273 g/mol. The molecule has 0 spiro atoms. The highest BCUT2D eigenvalue weighted by molar-refractivity contribution is 5.15. The number of rotatable bonds is 10. The first-order valence-corrected chi connectivity index (χ1v) is 8.03. The molecule has 0 aliphatic heterocycles. The molecular weight excluding hydrogens is 242 g/mol. The largest absolute Gasteiger partial charge is 0.369 e. The Morgan fingerprint density at radius 3 is 2.30 bits per heavy atom. The number of unbranched alkanes of at least 4 members (excludes halogenated alkanes) is 4. The Labute approximate surface area is 125 Å². The van der Waals surface area contributed by atoms with Crippen LogP contribution >= 0.6 is 0 Å². The molecule has 1 nitrogen and oxygen atoms in total. The Morgan fingerprint density at radius 2 is 1.70 bits per heavy atom. The fourth-order valence-corrected chi connectivity index (χ4v) is 2.61. The van der Waals surface area contributed by atoms with Crippen molar-refractivity contribution in [3.05, 3.63) is 48.7 Å². The number of benzene rings is 1. The third-order valence-electron chi connectivity index (χ3n) is 4.09. The van der Waals surface area contributed by atoms with E-state index in [1.54, 1.807) is 0 Å². The van der Waals surface area contributed by atoms with Gasteiger partial charge in [0.25, 0.3) is 0 Å². The molecule has 0 saturated carbocycles. The Hall–Kier alpha value is -1.24. The smallest absolute Gasteiger partial charge is 0.0429 e. The van der Waals surface area contributed by atoms with Crippen molar-refractivity contribution in [1.82, 2.24) is 4.90 Å². The third-order valence-corrected chi connectivity index (χ3v) is 4.09. The fraction of sp³-hybridized carbons (Fsp3) is 0.579. The van der Waals surface area contributed by atoms with Crippen LogP contribution in [-0.2, 0) is 6.54 Å². The van der Waals surface area contributed by atoms with E-state index in [9.17, 15) is 0 Å². The Morgan fingerprint density at radius 1 is 1.05 bits per heavy atom. The summed E-state index contributed by atoms with van der Waals surface area (Å²) in [5.41, 5.74) is 1.54. The molecule has 20 heavy (non-hydrogen) atoms. The van der Waals surface area contributed by atoms with Gasteiger partial charge in [-0.25, -0.2) is 0 Å². The minimum absolute atomic E-state index is 0.184. The fourth-order valence-electron chi connectivity index (χ4n) is 2.61. The van der Waals surface area contributed by atoms with Crippen molar-refractivity contribution < 1.29 is 0 Å². The summed E-state index contributed by atoms with van der Waals surface area (Å²) in [6, 6.07) is 10.7. The third kappa shape index (κ3) is 5.81. The van der Waals surface area contributed by atoms with Crippen molar-refractivity contribution in [1.29, 1.82) is 0 Å². The minimum Gasteiger partial charge on any atom is -0.369 e. The normalized spacial score (nSPS) is 11.3. The zero-order chi connectivity index (χ0) is 14.8. The molecule has 112 valence electrons. The van der Waals surface area contributed by atoms with E-state index < -0.39 is 0 Å². The van der Waals surface area contributed by atoms with E-state index in [0.717, 1.165) is 6.54 Å². The molecule has 1 aromatic rings. The average Bonchev–Trinajstić information content (AvgIpc) is 2.45. The second-order valence-electron chi connectivity index (χ2n) is 6.27. The Kier molecular flexibility index (Phi) is 7.43. The standard InChI is InChI=1S/C19H31N/c1-5-7-8-9-13-16-19(3,4)20(6-2)17-18-14-11-10-12-15-18/h6,10-12,14-15H,2,5,7-9,13,16-17H2,1,3-4H3. The van der Waals surface area contributed by atoms with E-state index in [2.05, 4.69) is 62.6 Å². The molecule has 0 heterocycles. The maximum atomic E-state index is 4.01. The zero-order valence-corrected chi connectivity index (χ0v) is 13.6. The van der Waals surface area contributed by atoms with Crippen molar-refractivity contribution in [2.24, 2.45) is 0 Å². The molecule has 1 aromatic carbocycles. The zero-order valence-electron chi connectivity index (χ0n) is 13.6. The van der Waals surface area contributed by atoms with Gasteiger partial charge in [0.05, 0.1) is 0 Å². The van der Waals surface area contributed by atoms with Gasteiger partial charge in [-0.2, -0.15) is 0 Å². The summed E-state index contributed by atoms with van der Waals surface area (Å²) in [6.45, 7) is 11.9. The van der Waals surface area contributed by atoms with Crippen LogP contribution in [0.3, 0.4) is 0 Å². The molecule has 0 amide bonds. The maximum Gasteiger partial charge on any atom is 0.0429 e. The van der Waals surface area contributed by atoms with Gasteiger partial charge in [0.2, 0.25) is 0 Å². The molecule has 0 unspecified atom stereocenters. The average molecular weight is 273 g/mol. The molecule has 0 N–H and O–H groups in total. The van der Waals surface area contributed by atoms with Crippen molar-refractivity contribution in [3.8, 4) is 0 Å². The first-order chi connectivity index (χ1) is 9.60. The van der Waals surface area contributed by atoms with Gasteiger partial charge in [0.15, 0.2) is 0 Å². The molecule has 0 aliphatic rings. The molecular formula is C19H31N. The summed E-state index contributed by atoms with van der Waals surface area (Å²) in [4.78, 5) is 2.38. The van der Waals surface area contributed by atoms with E-state index >= 15 is 0 Å².